The van der Waals surface area contributed by atoms with Crippen LogP contribution in [-0.4, -0.2) is 5.91 Å². The number of aryl methyl sites for hydroxylation is 2. The summed E-state index contributed by atoms with van der Waals surface area (Å²) in [6, 6.07) is 9.37. The number of nitrogen functional groups attached to an aromatic ring is 1. The van der Waals surface area contributed by atoms with Gasteiger partial charge in [0.05, 0.1) is 17.3 Å². The number of carbonyl (C=O) groups is 1. The van der Waals surface area contributed by atoms with Crippen molar-refractivity contribution in [2.24, 2.45) is 0 Å². The summed E-state index contributed by atoms with van der Waals surface area (Å²) in [7, 11) is 0. The average Bonchev–Trinajstić information content (AvgIpc) is 2.66. The number of amides is 1. The topological polar surface area (TPSA) is 46.3 Å². The van der Waals surface area contributed by atoms with E-state index in [1.54, 1.807) is 11.0 Å². The third-order valence-corrected chi connectivity index (χ3v) is 3.89. The highest BCUT2D eigenvalue weighted by atomic mass is 35.5. The van der Waals surface area contributed by atoms with Crippen LogP contribution in [0.4, 0.5) is 11.4 Å². The van der Waals surface area contributed by atoms with Gasteiger partial charge in [0, 0.05) is 11.3 Å². The van der Waals surface area contributed by atoms with E-state index in [0.29, 0.717) is 22.8 Å². The molecule has 1 aliphatic rings. The fourth-order valence-corrected chi connectivity index (χ4v) is 3.17. The molecule has 0 aromatic heterocycles. The minimum absolute atomic E-state index is 0.0406. The van der Waals surface area contributed by atoms with Gasteiger partial charge in [0.25, 0.3) is 5.91 Å². The molecule has 0 atom stereocenters. The van der Waals surface area contributed by atoms with E-state index in [1.165, 1.54) is 0 Å². The van der Waals surface area contributed by atoms with Crippen LogP contribution in [0.5, 0.6) is 0 Å². The molecule has 3 rings (SSSR count). The monoisotopic (exact) mass is 286 g/mol. The first-order valence-corrected chi connectivity index (χ1v) is 6.82. The predicted molar refractivity (Wildman–Crippen MR) is 82.3 cm³/mol. The van der Waals surface area contributed by atoms with Gasteiger partial charge < -0.3 is 10.6 Å². The van der Waals surface area contributed by atoms with Crippen LogP contribution in [-0.2, 0) is 6.54 Å². The lowest BCUT2D eigenvalue weighted by Crippen LogP contribution is -2.24. The average molecular weight is 287 g/mol. The highest BCUT2D eigenvalue weighted by molar-refractivity contribution is 6.34. The van der Waals surface area contributed by atoms with E-state index in [4.69, 9.17) is 17.3 Å². The summed E-state index contributed by atoms with van der Waals surface area (Å²) in [6.07, 6.45) is 0. The van der Waals surface area contributed by atoms with E-state index in [1.807, 2.05) is 38.1 Å². The number of nitrogens with two attached hydrogens (primary N) is 1. The van der Waals surface area contributed by atoms with Gasteiger partial charge in [-0.15, -0.1) is 0 Å². The summed E-state index contributed by atoms with van der Waals surface area (Å²) < 4.78 is 0. The SMILES string of the molecule is Cc1cc(C)c(N2Cc3ccc(N)cc3C2=O)c(Cl)c1. The summed E-state index contributed by atoms with van der Waals surface area (Å²) in [5.41, 5.74) is 10.9. The third-order valence-electron chi connectivity index (χ3n) is 3.61. The predicted octanol–water partition coefficient (Wildman–Crippen LogP) is 3.70. The zero-order valence-corrected chi connectivity index (χ0v) is 12.2. The summed E-state index contributed by atoms with van der Waals surface area (Å²) in [5, 5.41) is 0.608. The van der Waals surface area contributed by atoms with Crippen molar-refractivity contribution in [2.45, 2.75) is 20.4 Å². The van der Waals surface area contributed by atoms with Crippen LogP contribution in [0, 0.1) is 13.8 Å². The Morgan fingerprint density at radius 2 is 1.95 bits per heavy atom. The number of benzene rings is 2. The van der Waals surface area contributed by atoms with Crippen LogP contribution in [0.1, 0.15) is 27.0 Å². The molecule has 0 saturated heterocycles. The number of anilines is 2. The molecule has 0 radical (unpaired) electrons. The Labute approximate surface area is 123 Å². The highest BCUT2D eigenvalue weighted by Gasteiger charge is 2.30. The molecule has 0 bridgehead atoms. The van der Waals surface area contributed by atoms with Crippen LogP contribution in [0.25, 0.3) is 0 Å². The fraction of sp³-hybridized carbons (Fsp3) is 0.188. The van der Waals surface area contributed by atoms with Gasteiger partial charge in [-0.1, -0.05) is 23.7 Å². The van der Waals surface area contributed by atoms with E-state index in [2.05, 4.69) is 0 Å². The van der Waals surface area contributed by atoms with Crippen molar-refractivity contribution in [1.29, 1.82) is 0 Å². The highest BCUT2D eigenvalue weighted by Crippen LogP contribution is 2.36. The maximum absolute atomic E-state index is 12.6. The third kappa shape index (κ3) is 1.95. The molecule has 0 saturated carbocycles. The molecule has 20 heavy (non-hydrogen) atoms. The van der Waals surface area contributed by atoms with Gasteiger partial charge in [0.2, 0.25) is 0 Å². The zero-order valence-electron chi connectivity index (χ0n) is 11.4. The molecule has 0 aliphatic carbocycles. The van der Waals surface area contributed by atoms with E-state index in [0.717, 1.165) is 22.4 Å². The quantitative estimate of drug-likeness (QED) is 0.813. The Balaban J connectivity index is 2.09. The Kier molecular flexibility index (Phi) is 2.94. The van der Waals surface area contributed by atoms with Crippen molar-refractivity contribution < 1.29 is 4.79 Å². The molecule has 102 valence electrons. The van der Waals surface area contributed by atoms with Gasteiger partial charge in [0.1, 0.15) is 0 Å². The normalized spacial score (nSPS) is 13.8. The van der Waals surface area contributed by atoms with E-state index >= 15 is 0 Å². The Hall–Kier alpha value is -2.00. The lowest BCUT2D eigenvalue weighted by atomic mass is 10.1. The standard InChI is InChI=1S/C16H15ClN2O/c1-9-5-10(2)15(14(17)6-9)19-8-11-3-4-12(18)7-13(11)16(19)20/h3-7H,8,18H2,1-2H3. The molecule has 0 fully saturated rings. The lowest BCUT2D eigenvalue weighted by molar-refractivity contribution is 0.0996. The Morgan fingerprint density at radius 3 is 2.65 bits per heavy atom. The number of carbonyl (C=O) groups excluding carboxylic acids is 1. The number of hydrogen-bond donors (Lipinski definition) is 1. The summed E-state index contributed by atoms with van der Waals surface area (Å²) in [5.74, 6) is -0.0406. The van der Waals surface area contributed by atoms with Crippen LogP contribution in [0.3, 0.4) is 0 Å². The van der Waals surface area contributed by atoms with Crippen molar-refractivity contribution in [3.05, 3.63) is 57.6 Å². The van der Waals surface area contributed by atoms with Crippen molar-refractivity contribution >= 4 is 28.9 Å². The minimum Gasteiger partial charge on any atom is -0.399 e. The molecule has 1 aliphatic heterocycles. The van der Waals surface area contributed by atoms with Gasteiger partial charge in [-0.2, -0.15) is 0 Å². The van der Waals surface area contributed by atoms with Gasteiger partial charge in [-0.3, -0.25) is 4.79 Å². The van der Waals surface area contributed by atoms with Crippen LogP contribution in [0.2, 0.25) is 5.02 Å². The van der Waals surface area contributed by atoms with Crippen molar-refractivity contribution in [3.63, 3.8) is 0 Å². The Bertz CT molecular complexity index is 701. The maximum Gasteiger partial charge on any atom is 0.259 e. The van der Waals surface area contributed by atoms with Crippen LogP contribution in [0.15, 0.2) is 30.3 Å². The zero-order chi connectivity index (χ0) is 14.4. The smallest absolute Gasteiger partial charge is 0.259 e. The van der Waals surface area contributed by atoms with Crippen LogP contribution < -0.4 is 10.6 Å². The second kappa shape index (κ2) is 4.53. The van der Waals surface area contributed by atoms with Crippen molar-refractivity contribution in [1.82, 2.24) is 0 Å². The summed E-state index contributed by atoms with van der Waals surface area (Å²) >= 11 is 6.34. The first kappa shape index (κ1) is 13.0. The number of hydrogen-bond acceptors (Lipinski definition) is 2. The lowest BCUT2D eigenvalue weighted by Gasteiger charge is -2.20. The van der Waals surface area contributed by atoms with Gasteiger partial charge >= 0.3 is 0 Å². The number of nitrogens with zero attached hydrogens (tertiary/aromatic N) is 1. The molecule has 0 spiro atoms. The molecule has 1 heterocycles. The van der Waals surface area contributed by atoms with Gasteiger partial charge in [0.15, 0.2) is 0 Å². The van der Waals surface area contributed by atoms with Crippen molar-refractivity contribution in [3.8, 4) is 0 Å². The minimum atomic E-state index is -0.0406. The molecule has 4 heteroatoms. The fourth-order valence-electron chi connectivity index (χ4n) is 2.75. The van der Waals surface area contributed by atoms with Gasteiger partial charge in [-0.05, 0) is 48.7 Å². The van der Waals surface area contributed by atoms with Crippen molar-refractivity contribution in [2.75, 3.05) is 10.6 Å². The Morgan fingerprint density at radius 1 is 1.20 bits per heavy atom. The maximum atomic E-state index is 12.6. The summed E-state index contributed by atoms with van der Waals surface area (Å²) in [4.78, 5) is 14.3. The number of halogens is 1. The van der Waals surface area contributed by atoms with E-state index in [9.17, 15) is 4.79 Å². The molecule has 1 amide bonds. The molecular formula is C16H15ClN2O. The second-order valence-electron chi connectivity index (χ2n) is 5.22. The van der Waals surface area contributed by atoms with E-state index in [-0.39, 0.29) is 5.91 Å². The number of rotatable bonds is 1. The molecule has 2 N–H and O–H groups in total. The largest absolute Gasteiger partial charge is 0.399 e. The molecule has 0 unspecified atom stereocenters. The molecule has 2 aromatic carbocycles. The van der Waals surface area contributed by atoms with Crippen LogP contribution >= 0.6 is 11.6 Å². The molecule has 3 nitrogen and oxygen atoms in total. The van der Waals surface area contributed by atoms with E-state index < -0.39 is 0 Å². The molecular weight excluding hydrogens is 272 g/mol. The molecule has 2 aromatic rings. The summed E-state index contributed by atoms with van der Waals surface area (Å²) in [6.45, 7) is 4.50. The first-order chi connectivity index (χ1) is 9.47. The van der Waals surface area contributed by atoms with Gasteiger partial charge in [-0.25, -0.2) is 0 Å². The second-order valence-corrected chi connectivity index (χ2v) is 5.63. The number of fused-ring (bicyclic) bond motifs is 1. The first-order valence-electron chi connectivity index (χ1n) is 6.44.